The molecule has 1 fully saturated rings. The van der Waals surface area contributed by atoms with Gasteiger partial charge in [0.05, 0.1) is 0 Å². The molecule has 0 bridgehead atoms. The molecule has 1 aromatic heterocycles. The fraction of sp³-hybridized carbons (Fsp3) is 0.583. The van der Waals surface area contributed by atoms with Gasteiger partial charge in [-0.3, -0.25) is 4.79 Å². The number of halogens is 1. The van der Waals surface area contributed by atoms with Crippen LogP contribution in [0.3, 0.4) is 0 Å². The molecule has 0 aromatic carbocycles. The van der Waals surface area contributed by atoms with Crippen LogP contribution in [0.5, 0.6) is 0 Å². The second-order valence-electron chi connectivity index (χ2n) is 4.54. The fourth-order valence-electron chi connectivity index (χ4n) is 2.29. The maximum atomic E-state index is 11.9. The Morgan fingerprint density at radius 1 is 1.35 bits per heavy atom. The number of carbonyl (C=O) groups is 1. The van der Waals surface area contributed by atoms with E-state index in [1.54, 1.807) is 12.3 Å². The number of H-pyrrole nitrogens is 1. The summed E-state index contributed by atoms with van der Waals surface area (Å²) in [6.45, 7) is 0. The van der Waals surface area contributed by atoms with E-state index in [1.165, 1.54) is 0 Å². The number of aromatic nitrogens is 1. The number of nitrogens with one attached hydrogen (secondary N) is 3. The Morgan fingerprint density at radius 2 is 2.00 bits per heavy atom. The number of hydrogen-bond acceptors (Lipinski definition) is 2. The van der Waals surface area contributed by atoms with Crippen LogP contribution in [-0.4, -0.2) is 30.0 Å². The third kappa shape index (κ3) is 3.33. The minimum Gasteiger partial charge on any atom is -0.356 e. The molecular formula is C12H18BrN3O. The highest BCUT2D eigenvalue weighted by Crippen LogP contribution is 2.19. The molecule has 1 aliphatic rings. The lowest BCUT2D eigenvalue weighted by Gasteiger charge is -2.28. The summed E-state index contributed by atoms with van der Waals surface area (Å²) in [5.74, 6) is -0.0105. The number of aromatic amines is 1. The molecule has 0 radical (unpaired) electrons. The van der Waals surface area contributed by atoms with Gasteiger partial charge in [0.1, 0.15) is 5.69 Å². The molecule has 0 saturated heterocycles. The molecule has 1 heterocycles. The maximum absolute atomic E-state index is 11.9. The molecule has 94 valence electrons. The van der Waals surface area contributed by atoms with Crippen molar-refractivity contribution in [3.8, 4) is 0 Å². The third-order valence-electron chi connectivity index (χ3n) is 3.36. The molecule has 4 nitrogen and oxygen atoms in total. The Labute approximate surface area is 110 Å². The Morgan fingerprint density at radius 3 is 2.53 bits per heavy atom. The van der Waals surface area contributed by atoms with Crippen LogP contribution >= 0.6 is 15.9 Å². The van der Waals surface area contributed by atoms with Crippen LogP contribution in [0.25, 0.3) is 0 Å². The van der Waals surface area contributed by atoms with Crippen molar-refractivity contribution in [2.75, 3.05) is 7.05 Å². The van der Waals surface area contributed by atoms with Crippen molar-refractivity contribution in [3.63, 3.8) is 0 Å². The molecule has 0 spiro atoms. The second kappa shape index (κ2) is 5.69. The maximum Gasteiger partial charge on any atom is 0.267 e. The SMILES string of the molecule is CNC1CCC(NC(=O)c2cc(Br)c[nH]2)CC1. The molecule has 0 aliphatic heterocycles. The summed E-state index contributed by atoms with van der Waals surface area (Å²) in [6, 6.07) is 2.73. The fourth-order valence-corrected chi connectivity index (χ4v) is 2.63. The highest BCUT2D eigenvalue weighted by molar-refractivity contribution is 9.10. The van der Waals surface area contributed by atoms with Gasteiger partial charge in [0.15, 0.2) is 0 Å². The Hall–Kier alpha value is -0.810. The quantitative estimate of drug-likeness (QED) is 0.800. The van der Waals surface area contributed by atoms with Gasteiger partial charge in [0, 0.05) is 22.8 Å². The van der Waals surface area contributed by atoms with E-state index in [-0.39, 0.29) is 5.91 Å². The average molecular weight is 300 g/mol. The van der Waals surface area contributed by atoms with Gasteiger partial charge in [-0.15, -0.1) is 0 Å². The molecular weight excluding hydrogens is 282 g/mol. The molecule has 17 heavy (non-hydrogen) atoms. The molecule has 0 atom stereocenters. The van der Waals surface area contributed by atoms with Gasteiger partial charge in [0.25, 0.3) is 5.91 Å². The zero-order valence-electron chi connectivity index (χ0n) is 9.92. The van der Waals surface area contributed by atoms with Crippen molar-refractivity contribution >= 4 is 21.8 Å². The molecule has 1 aliphatic carbocycles. The first kappa shape index (κ1) is 12.6. The monoisotopic (exact) mass is 299 g/mol. The van der Waals surface area contributed by atoms with Gasteiger partial charge < -0.3 is 15.6 Å². The highest BCUT2D eigenvalue weighted by atomic mass is 79.9. The van der Waals surface area contributed by atoms with Crippen molar-refractivity contribution < 1.29 is 4.79 Å². The van der Waals surface area contributed by atoms with Crippen LogP contribution in [-0.2, 0) is 0 Å². The van der Waals surface area contributed by atoms with E-state index >= 15 is 0 Å². The summed E-state index contributed by atoms with van der Waals surface area (Å²) in [6.07, 6.45) is 6.15. The first-order chi connectivity index (χ1) is 8.19. The second-order valence-corrected chi connectivity index (χ2v) is 5.46. The Kier molecular flexibility index (Phi) is 4.23. The lowest BCUT2D eigenvalue weighted by atomic mass is 9.91. The van der Waals surface area contributed by atoms with Gasteiger partial charge in [-0.1, -0.05) is 0 Å². The number of hydrogen-bond donors (Lipinski definition) is 3. The van der Waals surface area contributed by atoms with E-state index in [2.05, 4.69) is 31.5 Å². The van der Waals surface area contributed by atoms with Gasteiger partial charge in [-0.2, -0.15) is 0 Å². The number of rotatable bonds is 3. The molecule has 2 rings (SSSR count). The van der Waals surface area contributed by atoms with E-state index in [1.807, 2.05) is 7.05 Å². The largest absolute Gasteiger partial charge is 0.356 e. The van der Waals surface area contributed by atoms with Crippen LogP contribution in [0.2, 0.25) is 0 Å². The lowest BCUT2D eigenvalue weighted by Crippen LogP contribution is -2.41. The zero-order chi connectivity index (χ0) is 12.3. The van der Waals surface area contributed by atoms with E-state index in [9.17, 15) is 4.79 Å². The first-order valence-corrected chi connectivity index (χ1v) is 6.80. The van der Waals surface area contributed by atoms with Crippen LogP contribution in [0.4, 0.5) is 0 Å². The van der Waals surface area contributed by atoms with Gasteiger partial charge >= 0.3 is 0 Å². The number of amides is 1. The molecule has 5 heteroatoms. The lowest BCUT2D eigenvalue weighted by molar-refractivity contribution is 0.0920. The van der Waals surface area contributed by atoms with Crippen LogP contribution in [0, 0.1) is 0 Å². The van der Waals surface area contributed by atoms with Crippen LogP contribution in [0.1, 0.15) is 36.2 Å². The predicted molar refractivity (Wildman–Crippen MR) is 71.1 cm³/mol. The molecule has 1 aromatic rings. The summed E-state index contributed by atoms with van der Waals surface area (Å²) in [4.78, 5) is 14.8. The number of carbonyl (C=O) groups excluding carboxylic acids is 1. The Bertz CT molecular complexity index is 383. The van der Waals surface area contributed by atoms with Crippen molar-refractivity contribution in [3.05, 3.63) is 22.4 Å². The topological polar surface area (TPSA) is 56.9 Å². The molecule has 1 amide bonds. The minimum atomic E-state index is -0.0105. The van der Waals surface area contributed by atoms with Gasteiger partial charge in [0.2, 0.25) is 0 Å². The van der Waals surface area contributed by atoms with Gasteiger partial charge in [-0.25, -0.2) is 0 Å². The highest BCUT2D eigenvalue weighted by Gasteiger charge is 2.21. The Balaban J connectivity index is 1.84. The van der Waals surface area contributed by atoms with E-state index in [0.717, 1.165) is 30.2 Å². The standard InChI is InChI=1S/C12H18BrN3O/c1-14-9-2-4-10(5-3-9)16-12(17)11-6-8(13)7-15-11/h6-7,9-10,14-15H,2-5H2,1H3,(H,16,17). The normalized spacial score (nSPS) is 24.6. The summed E-state index contributed by atoms with van der Waals surface area (Å²) in [5.41, 5.74) is 0.618. The van der Waals surface area contributed by atoms with Crippen LogP contribution < -0.4 is 10.6 Å². The summed E-state index contributed by atoms with van der Waals surface area (Å²) in [5, 5.41) is 6.36. The first-order valence-electron chi connectivity index (χ1n) is 6.01. The summed E-state index contributed by atoms with van der Waals surface area (Å²) in [7, 11) is 2.00. The smallest absolute Gasteiger partial charge is 0.267 e. The zero-order valence-corrected chi connectivity index (χ0v) is 11.5. The predicted octanol–water partition coefficient (Wildman–Crippen LogP) is 2.04. The third-order valence-corrected chi connectivity index (χ3v) is 3.82. The van der Waals surface area contributed by atoms with Crippen molar-refractivity contribution in [2.24, 2.45) is 0 Å². The van der Waals surface area contributed by atoms with Crippen molar-refractivity contribution in [1.29, 1.82) is 0 Å². The average Bonchev–Trinajstić information content (AvgIpc) is 2.77. The van der Waals surface area contributed by atoms with E-state index in [0.29, 0.717) is 17.8 Å². The minimum absolute atomic E-state index is 0.0105. The van der Waals surface area contributed by atoms with Crippen molar-refractivity contribution in [2.45, 2.75) is 37.8 Å². The van der Waals surface area contributed by atoms with E-state index < -0.39 is 0 Å². The van der Waals surface area contributed by atoms with Crippen molar-refractivity contribution in [1.82, 2.24) is 15.6 Å². The molecule has 0 unspecified atom stereocenters. The van der Waals surface area contributed by atoms with Gasteiger partial charge in [-0.05, 0) is 54.7 Å². The summed E-state index contributed by atoms with van der Waals surface area (Å²) >= 11 is 3.32. The van der Waals surface area contributed by atoms with E-state index in [4.69, 9.17) is 0 Å². The van der Waals surface area contributed by atoms with Crippen LogP contribution in [0.15, 0.2) is 16.7 Å². The summed E-state index contributed by atoms with van der Waals surface area (Å²) < 4.78 is 0.904. The molecule has 1 saturated carbocycles. The molecule has 3 N–H and O–H groups in total.